The van der Waals surface area contributed by atoms with E-state index in [0.717, 1.165) is 13.0 Å². The second-order valence-electron chi connectivity index (χ2n) is 3.07. The Bertz CT molecular complexity index is 213. The van der Waals surface area contributed by atoms with Crippen molar-refractivity contribution in [3.63, 3.8) is 0 Å². The quantitative estimate of drug-likeness (QED) is 0.496. The smallest absolute Gasteiger partial charge is 0.315 e. The van der Waals surface area contributed by atoms with Gasteiger partial charge in [-0.25, -0.2) is 0 Å². The molecule has 1 fully saturated rings. The third-order valence-electron chi connectivity index (χ3n) is 1.93. The first kappa shape index (κ1) is 11.0. The molecule has 0 aromatic heterocycles. The molecule has 0 aliphatic carbocycles. The first-order valence-electron chi connectivity index (χ1n) is 4.76. The number of hydrogen-bond acceptors (Lipinski definition) is 4. The summed E-state index contributed by atoms with van der Waals surface area (Å²) in [6.07, 6.45) is 0.890. The third kappa shape index (κ3) is 3.74. The molecule has 1 saturated heterocycles. The lowest BCUT2D eigenvalue weighted by molar-refractivity contribution is -0.146. The van der Waals surface area contributed by atoms with Gasteiger partial charge in [-0.2, -0.15) is 0 Å². The van der Waals surface area contributed by atoms with E-state index in [2.05, 4.69) is 10.1 Å². The van der Waals surface area contributed by atoms with Gasteiger partial charge in [-0.3, -0.25) is 9.59 Å². The number of carbonyl (C=O) groups is 2. The van der Waals surface area contributed by atoms with E-state index in [1.54, 1.807) is 6.92 Å². The van der Waals surface area contributed by atoms with Crippen LogP contribution in [0.1, 0.15) is 19.8 Å². The summed E-state index contributed by atoms with van der Waals surface area (Å²) < 4.78 is 9.73. The number of esters is 1. The highest BCUT2D eigenvalue weighted by atomic mass is 16.5. The molecule has 5 nitrogen and oxygen atoms in total. The summed E-state index contributed by atoms with van der Waals surface area (Å²) in [5, 5.41) is 2.61. The van der Waals surface area contributed by atoms with Gasteiger partial charge in [0.2, 0.25) is 5.91 Å². The standard InChI is InChI=1S/C9H15NO4/c1-2-13-9(12)5-8(11)10-6-7-3-4-14-7/h7H,2-6H2,1H3,(H,10,11). The van der Waals surface area contributed by atoms with Gasteiger partial charge in [-0.1, -0.05) is 0 Å². The fourth-order valence-electron chi connectivity index (χ4n) is 1.08. The molecule has 1 N–H and O–H groups in total. The largest absolute Gasteiger partial charge is 0.466 e. The normalized spacial score (nSPS) is 19.6. The summed E-state index contributed by atoms with van der Waals surface area (Å²) in [6.45, 7) is 3.26. The topological polar surface area (TPSA) is 64.6 Å². The second kappa shape index (κ2) is 5.59. The van der Waals surface area contributed by atoms with Gasteiger partial charge in [0.05, 0.1) is 12.7 Å². The monoisotopic (exact) mass is 201 g/mol. The van der Waals surface area contributed by atoms with Crippen molar-refractivity contribution in [1.29, 1.82) is 0 Å². The van der Waals surface area contributed by atoms with Crippen molar-refractivity contribution in [3.8, 4) is 0 Å². The lowest BCUT2D eigenvalue weighted by atomic mass is 10.2. The molecule has 0 aromatic carbocycles. The van der Waals surface area contributed by atoms with E-state index in [1.165, 1.54) is 0 Å². The van der Waals surface area contributed by atoms with E-state index in [-0.39, 0.29) is 18.4 Å². The lowest BCUT2D eigenvalue weighted by Crippen LogP contribution is -2.40. The third-order valence-corrected chi connectivity index (χ3v) is 1.93. The Morgan fingerprint density at radius 2 is 2.29 bits per heavy atom. The second-order valence-corrected chi connectivity index (χ2v) is 3.07. The number of ether oxygens (including phenoxy) is 2. The van der Waals surface area contributed by atoms with Gasteiger partial charge in [0.15, 0.2) is 0 Å². The number of amides is 1. The molecule has 1 aliphatic rings. The minimum Gasteiger partial charge on any atom is -0.466 e. The Kier molecular flexibility index (Phi) is 4.39. The van der Waals surface area contributed by atoms with Crippen LogP contribution in [0.25, 0.3) is 0 Å². The highest BCUT2D eigenvalue weighted by Gasteiger charge is 2.19. The average molecular weight is 201 g/mol. The molecule has 0 aromatic rings. The predicted octanol–water partition coefficient (Wildman–Crippen LogP) is -0.155. The number of nitrogens with one attached hydrogen (secondary N) is 1. The van der Waals surface area contributed by atoms with E-state index in [9.17, 15) is 9.59 Å². The summed E-state index contributed by atoms with van der Waals surface area (Å²) in [4.78, 5) is 22.0. The fraction of sp³-hybridized carbons (Fsp3) is 0.778. The Hall–Kier alpha value is -1.10. The van der Waals surface area contributed by atoms with Crippen LogP contribution in [-0.2, 0) is 19.1 Å². The van der Waals surface area contributed by atoms with Crippen LogP contribution >= 0.6 is 0 Å². The van der Waals surface area contributed by atoms with Crippen molar-refractivity contribution < 1.29 is 19.1 Å². The van der Waals surface area contributed by atoms with Crippen molar-refractivity contribution in [2.75, 3.05) is 19.8 Å². The number of rotatable bonds is 5. The van der Waals surface area contributed by atoms with Crippen LogP contribution < -0.4 is 5.32 Å². The zero-order valence-electron chi connectivity index (χ0n) is 8.25. The molecule has 0 saturated carbocycles. The Morgan fingerprint density at radius 3 is 2.79 bits per heavy atom. The van der Waals surface area contributed by atoms with Gasteiger partial charge in [0, 0.05) is 13.2 Å². The molecule has 1 amide bonds. The van der Waals surface area contributed by atoms with Crippen LogP contribution in [0, 0.1) is 0 Å². The SMILES string of the molecule is CCOC(=O)CC(=O)NCC1CCO1. The zero-order chi connectivity index (χ0) is 10.4. The molecule has 14 heavy (non-hydrogen) atoms. The molecule has 5 heteroatoms. The molecule has 1 heterocycles. The van der Waals surface area contributed by atoms with Crippen molar-refractivity contribution in [1.82, 2.24) is 5.32 Å². The molecular weight excluding hydrogens is 186 g/mol. The Labute approximate surface area is 82.8 Å². The maximum absolute atomic E-state index is 11.1. The number of carbonyl (C=O) groups excluding carboxylic acids is 2. The molecule has 0 spiro atoms. The molecular formula is C9H15NO4. The van der Waals surface area contributed by atoms with Crippen molar-refractivity contribution in [2.45, 2.75) is 25.9 Å². The van der Waals surface area contributed by atoms with Crippen LogP contribution in [0.2, 0.25) is 0 Å². The lowest BCUT2D eigenvalue weighted by Gasteiger charge is -2.26. The molecule has 0 bridgehead atoms. The summed E-state index contributed by atoms with van der Waals surface area (Å²) in [7, 11) is 0. The first-order valence-corrected chi connectivity index (χ1v) is 4.76. The van der Waals surface area contributed by atoms with Gasteiger partial charge in [0.1, 0.15) is 6.42 Å². The summed E-state index contributed by atoms with van der Waals surface area (Å²) in [5.41, 5.74) is 0. The van der Waals surface area contributed by atoms with E-state index in [0.29, 0.717) is 13.2 Å². The molecule has 0 radical (unpaired) electrons. The van der Waals surface area contributed by atoms with Gasteiger partial charge < -0.3 is 14.8 Å². The first-order chi connectivity index (χ1) is 6.72. The van der Waals surface area contributed by atoms with Crippen LogP contribution in [0.3, 0.4) is 0 Å². The fourth-order valence-corrected chi connectivity index (χ4v) is 1.08. The average Bonchev–Trinajstić information content (AvgIpc) is 2.01. The number of hydrogen-bond donors (Lipinski definition) is 1. The van der Waals surface area contributed by atoms with E-state index >= 15 is 0 Å². The molecule has 1 aliphatic heterocycles. The van der Waals surface area contributed by atoms with Crippen molar-refractivity contribution >= 4 is 11.9 Å². The van der Waals surface area contributed by atoms with Crippen LogP contribution in [0.4, 0.5) is 0 Å². The maximum atomic E-state index is 11.1. The summed E-state index contributed by atoms with van der Waals surface area (Å²) in [5.74, 6) is -0.793. The van der Waals surface area contributed by atoms with Crippen LogP contribution in [0.15, 0.2) is 0 Å². The van der Waals surface area contributed by atoms with Crippen LogP contribution in [-0.4, -0.2) is 37.7 Å². The van der Waals surface area contributed by atoms with E-state index in [1.807, 2.05) is 0 Å². The maximum Gasteiger partial charge on any atom is 0.315 e. The highest BCUT2D eigenvalue weighted by molar-refractivity contribution is 5.94. The molecule has 1 atom stereocenters. The molecule has 1 unspecified atom stereocenters. The zero-order valence-corrected chi connectivity index (χ0v) is 8.25. The predicted molar refractivity (Wildman–Crippen MR) is 48.6 cm³/mol. The van der Waals surface area contributed by atoms with Gasteiger partial charge >= 0.3 is 5.97 Å². The van der Waals surface area contributed by atoms with Crippen molar-refractivity contribution in [2.24, 2.45) is 0 Å². The summed E-state index contributed by atoms with van der Waals surface area (Å²) >= 11 is 0. The van der Waals surface area contributed by atoms with Crippen LogP contribution in [0.5, 0.6) is 0 Å². The highest BCUT2D eigenvalue weighted by Crippen LogP contribution is 2.08. The van der Waals surface area contributed by atoms with Gasteiger partial charge in [-0.05, 0) is 13.3 Å². The van der Waals surface area contributed by atoms with E-state index < -0.39 is 5.97 Å². The minimum absolute atomic E-state index is 0.126. The summed E-state index contributed by atoms with van der Waals surface area (Å²) in [6, 6.07) is 0. The van der Waals surface area contributed by atoms with Crippen molar-refractivity contribution in [3.05, 3.63) is 0 Å². The molecule has 80 valence electrons. The van der Waals surface area contributed by atoms with Gasteiger partial charge in [-0.15, -0.1) is 0 Å². The van der Waals surface area contributed by atoms with Gasteiger partial charge in [0.25, 0.3) is 0 Å². The van der Waals surface area contributed by atoms with E-state index in [4.69, 9.17) is 4.74 Å². The molecule has 1 rings (SSSR count). The Morgan fingerprint density at radius 1 is 1.57 bits per heavy atom. The minimum atomic E-state index is -0.487. The Balaban J connectivity index is 2.05.